The fraction of sp³-hybridized carbons (Fsp3) is 0.381. The number of benzene rings is 2. The number of carbonyl (C=O) groups is 1. The molecule has 0 spiro atoms. The van der Waals surface area contributed by atoms with Gasteiger partial charge in [-0.05, 0) is 29.8 Å². The maximum atomic E-state index is 12.6. The number of carbonyl (C=O) groups excluding carboxylic acids is 1. The van der Waals surface area contributed by atoms with Gasteiger partial charge in [0.05, 0.1) is 40.7 Å². The van der Waals surface area contributed by atoms with E-state index in [0.717, 1.165) is 31.0 Å². The van der Waals surface area contributed by atoms with Crippen molar-refractivity contribution < 1.29 is 28.6 Å². The van der Waals surface area contributed by atoms with E-state index in [2.05, 4.69) is 5.32 Å². The number of hydrogen-bond donors (Lipinski definition) is 2. The van der Waals surface area contributed by atoms with Crippen LogP contribution in [0.5, 0.6) is 23.0 Å². The third kappa shape index (κ3) is 4.31. The van der Waals surface area contributed by atoms with Gasteiger partial charge in [0.15, 0.2) is 18.0 Å². The van der Waals surface area contributed by atoms with E-state index in [0.29, 0.717) is 23.7 Å². The van der Waals surface area contributed by atoms with E-state index < -0.39 is 0 Å². The van der Waals surface area contributed by atoms with Crippen LogP contribution in [0.25, 0.3) is 0 Å². The number of hydrogen-bond acceptors (Lipinski definition) is 5. The van der Waals surface area contributed by atoms with Gasteiger partial charge >= 0.3 is 0 Å². The van der Waals surface area contributed by atoms with Gasteiger partial charge < -0.3 is 29.2 Å². The van der Waals surface area contributed by atoms with Crippen molar-refractivity contribution in [1.29, 1.82) is 0 Å². The first-order valence-electron chi connectivity index (χ1n) is 9.17. The minimum atomic E-state index is -0.0533. The quantitative estimate of drug-likeness (QED) is 0.750. The predicted molar refractivity (Wildman–Crippen MR) is 106 cm³/mol. The van der Waals surface area contributed by atoms with Crippen LogP contribution < -0.4 is 29.2 Å². The topological polar surface area (TPSA) is 70.5 Å². The summed E-state index contributed by atoms with van der Waals surface area (Å²) in [6.07, 6.45) is 0.893. The maximum absolute atomic E-state index is 12.6. The van der Waals surface area contributed by atoms with Crippen molar-refractivity contribution >= 4 is 11.6 Å². The van der Waals surface area contributed by atoms with Crippen LogP contribution in [0.2, 0.25) is 0 Å². The van der Waals surface area contributed by atoms with Crippen molar-refractivity contribution in [1.82, 2.24) is 0 Å². The summed E-state index contributed by atoms with van der Waals surface area (Å²) in [7, 11) is 6.43. The van der Waals surface area contributed by atoms with Gasteiger partial charge in [-0.25, -0.2) is 0 Å². The largest absolute Gasteiger partial charge is 0.497 e. The summed E-state index contributed by atoms with van der Waals surface area (Å²) in [6.45, 7) is 2.03. The van der Waals surface area contributed by atoms with Crippen LogP contribution >= 0.6 is 0 Å². The molecule has 1 aliphatic rings. The fourth-order valence-electron chi connectivity index (χ4n) is 3.50. The first kappa shape index (κ1) is 19.8. The second-order valence-corrected chi connectivity index (χ2v) is 6.69. The lowest BCUT2D eigenvalue weighted by molar-refractivity contribution is -0.907. The molecule has 2 aromatic carbocycles. The summed E-state index contributed by atoms with van der Waals surface area (Å²) in [5.41, 5.74) is 3.07. The Morgan fingerprint density at radius 3 is 2.25 bits per heavy atom. The van der Waals surface area contributed by atoms with Gasteiger partial charge in [-0.2, -0.15) is 0 Å². The molecule has 1 atom stereocenters. The molecule has 0 saturated heterocycles. The Morgan fingerprint density at radius 2 is 1.61 bits per heavy atom. The highest BCUT2D eigenvalue weighted by atomic mass is 16.5. The van der Waals surface area contributed by atoms with E-state index >= 15 is 0 Å². The Hall–Kier alpha value is -2.93. The smallest absolute Gasteiger partial charge is 0.279 e. The molecule has 1 amide bonds. The molecule has 0 bridgehead atoms. The number of amides is 1. The molecule has 0 saturated carbocycles. The van der Waals surface area contributed by atoms with Gasteiger partial charge in [0.1, 0.15) is 18.0 Å². The Morgan fingerprint density at radius 1 is 0.929 bits per heavy atom. The molecule has 2 N–H and O–H groups in total. The van der Waals surface area contributed by atoms with E-state index in [4.69, 9.17) is 18.9 Å². The van der Waals surface area contributed by atoms with Gasteiger partial charge in [0.25, 0.3) is 5.91 Å². The average molecular weight is 387 g/mol. The van der Waals surface area contributed by atoms with Gasteiger partial charge in [0.2, 0.25) is 0 Å². The van der Waals surface area contributed by atoms with E-state index in [-0.39, 0.29) is 5.91 Å². The number of rotatable bonds is 7. The van der Waals surface area contributed by atoms with E-state index in [9.17, 15) is 4.79 Å². The summed E-state index contributed by atoms with van der Waals surface area (Å²) in [5.74, 6) is 2.66. The fourth-order valence-corrected chi connectivity index (χ4v) is 3.50. The van der Waals surface area contributed by atoms with E-state index in [1.54, 1.807) is 46.6 Å². The lowest BCUT2D eigenvalue weighted by Crippen LogP contribution is -3.12. The Bertz CT molecular complexity index is 853. The highest BCUT2D eigenvalue weighted by Gasteiger charge is 2.24. The highest BCUT2D eigenvalue weighted by molar-refractivity contribution is 5.93. The summed E-state index contributed by atoms with van der Waals surface area (Å²) in [4.78, 5) is 13.8. The molecule has 1 heterocycles. The van der Waals surface area contributed by atoms with E-state index in [1.165, 1.54) is 16.0 Å². The predicted octanol–water partition coefficient (Wildman–Crippen LogP) is 1.30. The van der Waals surface area contributed by atoms with Crippen LogP contribution in [0.3, 0.4) is 0 Å². The summed E-state index contributed by atoms with van der Waals surface area (Å²) < 4.78 is 21.3. The van der Waals surface area contributed by atoms with E-state index in [1.807, 2.05) is 12.1 Å². The highest BCUT2D eigenvalue weighted by Crippen LogP contribution is 2.31. The second kappa shape index (κ2) is 8.84. The van der Waals surface area contributed by atoms with Crippen molar-refractivity contribution in [2.45, 2.75) is 13.0 Å². The van der Waals surface area contributed by atoms with Crippen LogP contribution in [-0.2, 0) is 17.8 Å². The summed E-state index contributed by atoms with van der Waals surface area (Å²) >= 11 is 0. The zero-order valence-electron chi connectivity index (χ0n) is 16.8. The van der Waals surface area contributed by atoms with Gasteiger partial charge in [-0.15, -0.1) is 0 Å². The average Bonchev–Trinajstić information content (AvgIpc) is 2.72. The van der Waals surface area contributed by atoms with Gasteiger partial charge in [-0.1, -0.05) is 0 Å². The minimum absolute atomic E-state index is 0.0533. The molecular formula is C21H27N2O5+. The molecule has 2 aromatic rings. The van der Waals surface area contributed by atoms with Crippen molar-refractivity contribution in [2.75, 3.05) is 46.8 Å². The van der Waals surface area contributed by atoms with Crippen molar-refractivity contribution in [3.05, 3.63) is 41.5 Å². The molecule has 1 unspecified atom stereocenters. The number of methoxy groups -OCH3 is 4. The molecular weight excluding hydrogens is 360 g/mol. The van der Waals surface area contributed by atoms with Crippen molar-refractivity contribution in [2.24, 2.45) is 0 Å². The number of fused-ring (bicyclic) bond motifs is 1. The third-order valence-corrected chi connectivity index (χ3v) is 4.99. The third-order valence-electron chi connectivity index (χ3n) is 4.99. The van der Waals surface area contributed by atoms with Crippen LogP contribution in [0.4, 0.5) is 5.69 Å². The van der Waals surface area contributed by atoms with Crippen molar-refractivity contribution in [3.63, 3.8) is 0 Å². The monoisotopic (exact) mass is 387 g/mol. The molecule has 28 heavy (non-hydrogen) atoms. The Balaban J connectivity index is 1.66. The van der Waals surface area contributed by atoms with Crippen LogP contribution in [0.1, 0.15) is 11.1 Å². The lowest BCUT2D eigenvalue weighted by Gasteiger charge is -2.26. The number of nitrogens with one attached hydrogen (secondary N) is 2. The minimum Gasteiger partial charge on any atom is -0.497 e. The molecule has 0 radical (unpaired) electrons. The molecule has 3 rings (SSSR count). The van der Waals surface area contributed by atoms with Crippen LogP contribution in [0, 0.1) is 0 Å². The molecule has 7 nitrogen and oxygen atoms in total. The van der Waals surface area contributed by atoms with Gasteiger partial charge in [0, 0.05) is 18.1 Å². The van der Waals surface area contributed by atoms with Crippen LogP contribution in [-0.4, -0.2) is 47.4 Å². The first-order valence-corrected chi connectivity index (χ1v) is 9.17. The molecule has 0 aromatic heterocycles. The standard InChI is InChI=1S/C21H26N2O5/c1-25-16-5-6-17(18(11-16)26-2)22-21(24)13-23-8-7-14-9-19(27-3)20(28-4)10-15(14)12-23/h5-6,9-11H,7-8,12-13H2,1-4H3,(H,22,24)/p+1. The van der Waals surface area contributed by atoms with Crippen molar-refractivity contribution in [3.8, 4) is 23.0 Å². The maximum Gasteiger partial charge on any atom is 0.279 e. The van der Waals surface area contributed by atoms with Gasteiger partial charge in [-0.3, -0.25) is 4.79 Å². The Kier molecular flexibility index (Phi) is 6.26. The van der Waals surface area contributed by atoms with Crippen LogP contribution in [0.15, 0.2) is 30.3 Å². The number of ether oxygens (including phenoxy) is 4. The normalized spacial score (nSPS) is 15.4. The molecule has 150 valence electrons. The molecule has 7 heteroatoms. The summed E-state index contributed by atoms with van der Waals surface area (Å²) in [5, 5.41) is 2.94. The summed E-state index contributed by atoms with van der Waals surface area (Å²) in [6, 6.07) is 9.37. The molecule has 0 fully saturated rings. The Labute approximate surface area is 165 Å². The first-order chi connectivity index (χ1) is 13.6. The zero-order chi connectivity index (χ0) is 20.1. The zero-order valence-corrected chi connectivity index (χ0v) is 16.8. The lowest BCUT2D eigenvalue weighted by atomic mass is 9.99. The molecule has 1 aliphatic heterocycles. The molecule has 0 aliphatic carbocycles. The SMILES string of the molecule is COc1ccc(NC(=O)C[NH+]2CCc3cc(OC)c(OC)cc3C2)c(OC)c1. The second-order valence-electron chi connectivity index (χ2n) is 6.69. The number of anilines is 1. The number of quaternary nitrogens is 1.